The Labute approximate surface area is 188 Å². The number of nitrogens with one attached hydrogen (secondary N) is 1. The molecular weight excluding hydrogens is 404 g/mol. The zero-order chi connectivity index (χ0) is 22.1. The number of fused-ring (bicyclic) bond motifs is 1. The molecule has 1 atom stereocenters. The molecule has 4 aromatic rings. The minimum atomic E-state index is -0.118. The van der Waals surface area contributed by atoms with Gasteiger partial charge >= 0.3 is 0 Å². The normalized spacial score (nSPS) is 12.0. The van der Waals surface area contributed by atoms with Crippen LogP contribution in [-0.4, -0.2) is 10.9 Å². The van der Waals surface area contributed by atoms with Crippen LogP contribution in [0.4, 0.5) is 0 Å². The highest BCUT2D eigenvalue weighted by molar-refractivity contribution is 6.30. The number of hydrogen-bond acceptors (Lipinski definition) is 2. The van der Waals surface area contributed by atoms with Crippen LogP contribution in [0.2, 0.25) is 5.02 Å². The zero-order valence-electron chi connectivity index (χ0n) is 18.2. The maximum atomic E-state index is 13.5. The van der Waals surface area contributed by atoms with E-state index in [-0.39, 0.29) is 11.9 Å². The number of carbonyl (C=O) groups is 1. The quantitative estimate of drug-likeness (QED) is 0.381. The highest BCUT2D eigenvalue weighted by Gasteiger charge is 2.21. The van der Waals surface area contributed by atoms with Crippen molar-refractivity contribution in [3.63, 3.8) is 0 Å². The molecular formula is C27H25ClN2O. The number of para-hydroxylation sites is 1. The van der Waals surface area contributed by atoms with Gasteiger partial charge in [0.2, 0.25) is 0 Å². The van der Waals surface area contributed by atoms with Gasteiger partial charge in [-0.05, 0) is 68.1 Å². The molecule has 1 heterocycles. The minimum Gasteiger partial charge on any atom is -0.345 e. The predicted octanol–water partition coefficient (Wildman–Crippen LogP) is 6.97. The summed E-state index contributed by atoms with van der Waals surface area (Å²) in [4.78, 5) is 18.3. The predicted molar refractivity (Wildman–Crippen MR) is 129 cm³/mol. The topological polar surface area (TPSA) is 42.0 Å². The molecule has 31 heavy (non-hydrogen) atoms. The first-order valence-corrected chi connectivity index (χ1v) is 10.8. The van der Waals surface area contributed by atoms with Crippen LogP contribution in [-0.2, 0) is 0 Å². The number of benzene rings is 3. The fourth-order valence-corrected chi connectivity index (χ4v) is 4.09. The molecule has 0 aliphatic carbocycles. The number of aromatic nitrogens is 1. The van der Waals surface area contributed by atoms with E-state index in [1.54, 1.807) is 0 Å². The number of amides is 1. The van der Waals surface area contributed by atoms with Crippen LogP contribution in [0, 0.1) is 20.8 Å². The molecule has 3 aromatic carbocycles. The summed E-state index contributed by atoms with van der Waals surface area (Å²) in [5.74, 6) is -0.106. The van der Waals surface area contributed by atoms with Crippen molar-refractivity contribution in [2.24, 2.45) is 0 Å². The van der Waals surface area contributed by atoms with E-state index in [9.17, 15) is 4.79 Å². The molecule has 1 aromatic heterocycles. The molecule has 0 spiro atoms. The van der Waals surface area contributed by atoms with Gasteiger partial charge in [-0.15, -0.1) is 0 Å². The molecule has 0 saturated heterocycles. The van der Waals surface area contributed by atoms with E-state index in [1.165, 1.54) is 11.1 Å². The van der Waals surface area contributed by atoms with Gasteiger partial charge in [0.1, 0.15) is 0 Å². The van der Waals surface area contributed by atoms with Gasteiger partial charge in [-0.25, -0.2) is 4.98 Å². The van der Waals surface area contributed by atoms with Gasteiger partial charge in [-0.1, -0.05) is 60.1 Å². The van der Waals surface area contributed by atoms with Crippen LogP contribution >= 0.6 is 11.6 Å². The minimum absolute atomic E-state index is 0.106. The van der Waals surface area contributed by atoms with Crippen molar-refractivity contribution in [1.29, 1.82) is 0 Å². The molecule has 1 N–H and O–H groups in total. The van der Waals surface area contributed by atoms with Crippen LogP contribution in [0.25, 0.3) is 22.2 Å². The molecule has 0 aliphatic rings. The van der Waals surface area contributed by atoms with Crippen LogP contribution in [0.15, 0.2) is 66.7 Å². The number of hydrogen-bond donors (Lipinski definition) is 1. The number of aryl methyl sites for hydroxylation is 2. The average molecular weight is 429 g/mol. The first-order valence-electron chi connectivity index (χ1n) is 10.4. The summed E-state index contributed by atoms with van der Waals surface area (Å²) in [6.45, 7) is 8.14. The largest absolute Gasteiger partial charge is 0.345 e. The number of carbonyl (C=O) groups excluding carboxylic acids is 1. The van der Waals surface area contributed by atoms with Gasteiger partial charge in [0.15, 0.2) is 0 Å². The van der Waals surface area contributed by atoms with Crippen molar-refractivity contribution in [2.45, 2.75) is 33.7 Å². The molecule has 3 nitrogen and oxygen atoms in total. The van der Waals surface area contributed by atoms with Crippen molar-refractivity contribution in [3.8, 4) is 11.3 Å². The Morgan fingerprint density at radius 3 is 2.45 bits per heavy atom. The van der Waals surface area contributed by atoms with Gasteiger partial charge in [-0.2, -0.15) is 0 Å². The average Bonchev–Trinajstić information content (AvgIpc) is 2.75. The number of halogens is 1. The van der Waals surface area contributed by atoms with E-state index >= 15 is 0 Å². The summed E-state index contributed by atoms with van der Waals surface area (Å²) >= 11 is 6.22. The van der Waals surface area contributed by atoms with Crippen molar-refractivity contribution in [1.82, 2.24) is 10.3 Å². The summed E-state index contributed by atoms with van der Waals surface area (Å²) in [5.41, 5.74) is 7.48. The molecule has 0 aliphatic heterocycles. The highest BCUT2D eigenvalue weighted by atomic mass is 35.5. The number of pyridine rings is 1. The second-order valence-corrected chi connectivity index (χ2v) is 8.46. The summed E-state index contributed by atoms with van der Waals surface area (Å²) < 4.78 is 0. The second-order valence-electron chi connectivity index (χ2n) is 8.03. The Kier molecular flexibility index (Phi) is 5.79. The SMILES string of the molecule is Cc1ccc([C@H](C)NC(=O)c2c(C)c(-c3cccc(Cl)c3)nc3ccccc23)cc1C. The van der Waals surface area contributed by atoms with Gasteiger partial charge in [0.05, 0.1) is 22.8 Å². The van der Waals surface area contributed by atoms with Crippen LogP contribution in [0.1, 0.15) is 45.6 Å². The first kappa shape index (κ1) is 21.1. The molecule has 156 valence electrons. The van der Waals surface area contributed by atoms with Crippen molar-refractivity contribution in [3.05, 3.63) is 99.6 Å². The lowest BCUT2D eigenvalue weighted by Crippen LogP contribution is -2.28. The standard InChI is InChI=1S/C27H25ClN2O/c1-16-12-13-20(14-17(16)2)19(4)29-27(31)25-18(3)26(21-8-7-9-22(28)15-21)30-24-11-6-5-10-23(24)25/h5-15,19H,1-4H3,(H,29,31)/t19-/m0/s1. The number of rotatable bonds is 4. The lowest BCUT2D eigenvalue weighted by atomic mass is 9.96. The van der Waals surface area contributed by atoms with E-state index in [0.29, 0.717) is 10.6 Å². The smallest absolute Gasteiger partial charge is 0.252 e. The van der Waals surface area contributed by atoms with E-state index < -0.39 is 0 Å². The molecule has 0 saturated carbocycles. The Balaban J connectivity index is 1.79. The summed E-state index contributed by atoms with van der Waals surface area (Å²) in [6.07, 6.45) is 0. The van der Waals surface area contributed by atoms with E-state index in [1.807, 2.05) is 62.4 Å². The molecule has 1 amide bonds. The Hall–Kier alpha value is -3.17. The summed E-state index contributed by atoms with van der Waals surface area (Å²) in [7, 11) is 0. The molecule has 0 bridgehead atoms. The number of nitrogens with zero attached hydrogens (tertiary/aromatic N) is 1. The van der Waals surface area contributed by atoms with Gasteiger partial charge in [0.25, 0.3) is 5.91 Å². The Bertz CT molecular complexity index is 1300. The van der Waals surface area contributed by atoms with Gasteiger partial charge in [0, 0.05) is 16.0 Å². The Morgan fingerprint density at radius 2 is 1.71 bits per heavy atom. The molecule has 0 unspecified atom stereocenters. The van der Waals surface area contributed by atoms with Crippen LogP contribution in [0.5, 0.6) is 0 Å². The molecule has 4 heteroatoms. The second kappa shape index (κ2) is 8.52. The van der Waals surface area contributed by atoms with Crippen molar-refractivity contribution in [2.75, 3.05) is 0 Å². The maximum Gasteiger partial charge on any atom is 0.252 e. The summed E-state index contributed by atoms with van der Waals surface area (Å²) in [6, 6.07) is 21.5. The van der Waals surface area contributed by atoms with Gasteiger partial charge in [-0.3, -0.25) is 4.79 Å². The summed E-state index contributed by atoms with van der Waals surface area (Å²) in [5, 5.41) is 4.67. The fourth-order valence-electron chi connectivity index (χ4n) is 3.90. The first-order chi connectivity index (χ1) is 14.8. The lowest BCUT2D eigenvalue weighted by Gasteiger charge is -2.19. The van der Waals surface area contributed by atoms with Crippen LogP contribution < -0.4 is 5.32 Å². The highest BCUT2D eigenvalue weighted by Crippen LogP contribution is 2.31. The maximum absolute atomic E-state index is 13.5. The molecule has 0 radical (unpaired) electrons. The third-order valence-corrected chi connectivity index (χ3v) is 6.07. The van der Waals surface area contributed by atoms with E-state index in [2.05, 4.69) is 37.4 Å². The monoisotopic (exact) mass is 428 g/mol. The van der Waals surface area contributed by atoms with Crippen LogP contribution in [0.3, 0.4) is 0 Å². The third-order valence-electron chi connectivity index (χ3n) is 5.84. The fraction of sp³-hybridized carbons (Fsp3) is 0.185. The molecule has 0 fully saturated rings. The zero-order valence-corrected chi connectivity index (χ0v) is 18.9. The molecule has 4 rings (SSSR count). The lowest BCUT2D eigenvalue weighted by molar-refractivity contribution is 0.0941. The van der Waals surface area contributed by atoms with E-state index in [0.717, 1.165) is 33.3 Å². The van der Waals surface area contributed by atoms with Gasteiger partial charge < -0.3 is 5.32 Å². The Morgan fingerprint density at radius 1 is 0.935 bits per heavy atom. The van der Waals surface area contributed by atoms with Crippen molar-refractivity contribution < 1.29 is 4.79 Å². The van der Waals surface area contributed by atoms with E-state index in [4.69, 9.17) is 16.6 Å². The third kappa shape index (κ3) is 4.19. The van der Waals surface area contributed by atoms with Crippen molar-refractivity contribution >= 4 is 28.4 Å².